The molecular formula is C24H19N5O2S. The van der Waals surface area contributed by atoms with E-state index in [1.165, 1.54) is 11.8 Å². The van der Waals surface area contributed by atoms with Crippen LogP contribution in [0, 0.1) is 11.3 Å². The number of nitrogens with zero attached hydrogens (tertiary/aromatic N) is 4. The molecule has 1 amide bonds. The number of rotatable bonds is 7. The van der Waals surface area contributed by atoms with E-state index in [0.29, 0.717) is 28.0 Å². The number of nitrogens with one attached hydrogen (secondary N) is 1. The fourth-order valence-electron chi connectivity index (χ4n) is 3.17. The van der Waals surface area contributed by atoms with Crippen molar-refractivity contribution in [2.75, 3.05) is 18.2 Å². The fourth-order valence-corrected chi connectivity index (χ4v) is 3.92. The Kier molecular flexibility index (Phi) is 6.49. The predicted octanol–water partition coefficient (Wildman–Crippen LogP) is 4.55. The van der Waals surface area contributed by atoms with Crippen molar-refractivity contribution in [1.29, 1.82) is 5.26 Å². The molecule has 0 atom stereocenters. The van der Waals surface area contributed by atoms with E-state index in [0.717, 1.165) is 11.3 Å². The van der Waals surface area contributed by atoms with Gasteiger partial charge in [0.25, 0.3) is 0 Å². The van der Waals surface area contributed by atoms with Gasteiger partial charge in [0.1, 0.15) is 5.75 Å². The summed E-state index contributed by atoms with van der Waals surface area (Å²) in [4.78, 5) is 12.5. The second-order valence-corrected chi connectivity index (χ2v) is 7.65. The topological polar surface area (TPSA) is 92.8 Å². The number of hydrogen-bond donors (Lipinski definition) is 1. The van der Waals surface area contributed by atoms with E-state index in [9.17, 15) is 4.79 Å². The summed E-state index contributed by atoms with van der Waals surface area (Å²) in [6.07, 6.45) is 0. The SMILES string of the molecule is COc1ccccc1-c1nnc(SCC(=O)Nc2cccc(C#N)c2)n1-c1ccccc1. The van der Waals surface area contributed by atoms with Crippen LogP contribution in [0.2, 0.25) is 0 Å². The molecule has 1 N–H and O–H groups in total. The molecule has 3 aromatic carbocycles. The number of thioether (sulfide) groups is 1. The molecule has 7 nitrogen and oxygen atoms in total. The smallest absolute Gasteiger partial charge is 0.234 e. The summed E-state index contributed by atoms with van der Waals surface area (Å²) in [5.41, 5.74) is 2.74. The zero-order valence-electron chi connectivity index (χ0n) is 17.2. The van der Waals surface area contributed by atoms with Gasteiger partial charge in [-0.05, 0) is 42.5 Å². The number of aromatic nitrogens is 3. The maximum absolute atomic E-state index is 12.5. The zero-order valence-corrected chi connectivity index (χ0v) is 18.0. The lowest BCUT2D eigenvalue weighted by molar-refractivity contribution is -0.113. The molecule has 0 aliphatic heterocycles. The van der Waals surface area contributed by atoms with E-state index in [4.69, 9.17) is 10.00 Å². The zero-order chi connectivity index (χ0) is 22.3. The summed E-state index contributed by atoms with van der Waals surface area (Å²) in [5, 5.41) is 21.2. The standard InChI is InChI=1S/C24H19N5O2S/c1-31-21-13-6-5-12-20(21)23-27-28-24(29(23)19-10-3-2-4-11-19)32-16-22(30)26-18-9-7-8-17(14-18)15-25/h2-14H,16H2,1H3,(H,26,30). The Balaban J connectivity index is 1.61. The number of amides is 1. The number of methoxy groups -OCH3 is 1. The second kappa shape index (κ2) is 9.81. The molecule has 0 saturated heterocycles. The minimum Gasteiger partial charge on any atom is -0.496 e. The van der Waals surface area contributed by atoms with Crippen molar-refractivity contribution in [3.05, 3.63) is 84.4 Å². The molecule has 4 aromatic rings. The Hall–Kier alpha value is -4.09. The molecule has 0 aliphatic rings. The van der Waals surface area contributed by atoms with Gasteiger partial charge in [0, 0.05) is 11.4 Å². The first-order chi connectivity index (χ1) is 15.7. The largest absolute Gasteiger partial charge is 0.496 e. The summed E-state index contributed by atoms with van der Waals surface area (Å²) in [5.74, 6) is 1.24. The number of carbonyl (C=O) groups is 1. The Morgan fingerprint density at radius 2 is 1.84 bits per heavy atom. The predicted molar refractivity (Wildman–Crippen MR) is 124 cm³/mol. The summed E-state index contributed by atoms with van der Waals surface area (Å²) >= 11 is 1.28. The van der Waals surface area contributed by atoms with Gasteiger partial charge in [-0.15, -0.1) is 10.2 Å². The number of hydrogen-bond acceptors (Lipinski definition) is 6. The van der Waals surface area contributed by atoms with Gasteiger partial charge in [-0.1, -0.05) is 48.2 Å². The third-order valence-corrected chi connectivity index (χ3v) is 5.53. The van der Waals surface area contributed by atoms with E-state index in [1.807, 2.05) is 59.2 Å². The molecule has 32 heavy (non-hydrogen) atoms. The number of para-hydroxylation sites is 2. The third-order valence-electron chi connectivity index (χ3n) is 4.60. The number of benzene rings is 3. The van der Waals surface area contributed by atoms with Crippen molar-refractivity contribution in [2.24, 2.45) is 0 Å². The van der Waals surface area contributed by atoms with Gasteiger partial charge in [-0.25, -0.2) is 0 Å². The van der Waals surface area contributed by atoms with Gasteiger partial charge in [-0.2, -0.15) is 5.26 Å². The normalized spacial score (nSPS) is 10.4. The van der Waals surface area contributed by atoms with Crippen molar-refractivity contribution in [1.82, 2.24) is 14.8 Å². The molecule has 1 aromatic heterocycles. The Bertz CT molecular complexity index is 1280. The number of anilines is 1. The summed E-state index contributed by atoms with van der Waals surface area (Å²) in [7, 11) is 1.61. The molecular weight excluding hydrogens is 422 g/mol. The Morgan fingerprint density at radius 1 is 1.06 bits per heavy atom. The molecule has 0 fully saturated rings. The molecule has 0 aliphatic carbocycles. The average Bonchev–Trinajstić information content (AvgIpc) is 3.27. The third kappa shape index (κ3) is 4.63. The molecule has 0 saturated carbocycles. The summed E-state index contributed by atoms with van der Waals surface area (Å²) in [6.45, 7) is 0. The van der Waals surface area contributed by atoms with E-state index in [-0.39, 0.29) is 11.7 Å². The van der Waals surface area contributed by atoms with E-state index in [2.05, 4.69) is 21.6 Å². The quantitative estimate of drug-likeness (QED) is 0.423. The highest BCUT2D eigenvalue weighted by molar-refractivity contribution is 7.99. The number of carbonyl (C=O) groups excluding carboxylic acids is 1. The van der Waals surface area contributed by atoms with Crippen LogP contribution in [-0.2, 0) is 4.79 Å². The van der Waals surface area contributed by atoms with E-state index < -0.39 is 0 Å². The molecule has 0 bridgehead atoms. The van der Waals surface area contributed by atoms with Crippen LogP contribution >= 0.6 is 11.8 Å². The van der Waals surface area contributed by atoms with Gasteiger partial charge in [0.05, 0.1) is 30.1 Å². The molecule has 0 radical (unpaired) electrons. The van der Waals surface area contributed by atoms with Gasteiger partial charge in [0.2, 0.25) is 5.91 Å². The van der Waals surface area contributed by atoms with Crippen molar-refractivity contribution < 1.29 is 9.53 Å². The van der Waals surface area contributed by atoms with Gasteiger partial charge in [0.15, 0.2) is 11.0 Å². The van der Waals surface area contributed by atoms with E-state index >= 15 is 0 Å². The van der Waals surface area contributed by atoms with Gasteiger partial charge >= 0.3 is 0 Å². The number of nitriles is 1. The van der Waals surface area contributed by atoms with Gasteiger partial charge in [-0.3, -0.25) is 9.36 Å². The summed E-state index contributed by atoms with van der Waals surface area (Å²) < 4.78 is 7.42. The first kappa shape index (κ1) is 21.2. The van der Waals surface area contributed by atoms with Crippen LogP contribution < -0.4 is 10.1 Å². The second-order valence-electron chi connectivity index (χ2n) is 6.71. The summed E-state index contributed by atoms with van der Waals surface area (Å²) in [6, 6.07) is 26.2. The fraction of sp³-hybridized carbons (Fsp3) is 0.0833. The van der Waals surface area contributed by atoms with Crippen LogP contribution in [0.3, 0.4) is 0 Å². The lowest BCUT2D eigenvalue weighted by atomic mass is 10.2. The molecule has 4 rings (SSSR count). The van der Waals surface area contributed by atoms with Crippen molar-refractivity contribution in [2.45, 2.75) is 5.16 Å². The maximum Gasteiger partial charge on any atom is 0.234 e. The highest BCUT2D eigenvalue weighted by atomic mass is 32.2. The number of ether oxygens (including phenoxy) is 1. The lowest BCUT2D eigenvalue weighted by Gasteiger charge is -2.12. The van der Waals surface area contributed by atoms with Crippen molar-refractivity contribution in [3.8, 4) is 28.9 Å². The van der Waals surface area contributed by atoms with Crippen LogP contribution in [-0.4, -0.2) is 33.5 Å². The Labute approximate surface area is 189 Å². The highest BCUT2D eigenvalue weighted by Gasteiger charge is 2.19. The van der Waals surface area contributed by atoms with Crippen LogP contribution in [0.15, 0.2) is 84.0 Å². The average molecular weight is 442 g/mol. The first-order valence-electron chi connectivity index (χ1n) is 9.76. The van der Waals surface area contributed by atoms with Crippen LogP contribution in [0.1, 0.15) is 5.56 Å². The molecule has 0 spiro atoms. The van der Waals surface area contributed by atoms with E-state index in [1.54, 1.807) is 31.4 Å². The Morgan fingerprint density at radius 3 is 2.62 bits per heavy atom. The van der Waals surface area contributed by atoms with Crippen molar-refractivity contribution >= 4 is 23.4 Å². The monoisotopic (exact) mass is 441 g/mol. The lowest BCUT2D eigenvalue weighted by Crippen LogP contribution is -2.14. The molecule has 0 unspecified atom stereocenters. The molecule has 1 heterocycles. The van der Waals surface area contributed by atoms with Gasteiger partial charge < -0.3 is 10.1 Å². The van der Waals surface area contributed by atoms with Crippen molar-refractivity contribution in [3.63, 3.8) is 0 Å². The minimum atomic E-state index is -0.202. The first-order valence-corrected chi connectivity index (χ1v) is 10.7. The van der Waals surface area contributed by atoms with Crippen LogP contribution in [0.25, 0.3) is 17.1 Å². The molecule has 158 valence electrons. The van der Waals surface area contributed by atoms with Crippen LogP contribution in [0.4, 0.5) is 5.69 Å². The van der Waals surface area contributed by atoms with Crippen LogP contribution in [0.5, 0.6) is 5.75 Å². The molecule has 8 heteroatoms. The maximum atomic E-state index is 12.5. The highest BCUT2D eigenvalue weighted by Crippen LogP contribution is 2.33. The minimum absolute atomic E-state index is 0.133.